The van der Waals surface area contributed by atoms with E-state index in [4.69, 9.17) is 4.74 Å². The Morgan fingerprint density at radius 2 is 2.38 bits per heavy atom. The standard InChI is InChI=1S/C13H24N4O3S/c1-3-14-7-12-8-15-16-13(12)21(18,19)17-6-4-5-11(9-17)10-20-2/h8,11,14H,3-7,9-10H2,1-2H3,(H,15,16). The molecule has 7 nitrogen and oxygen atoms in total. The van der Waals surface area contributed by atoms with Gasteiger partial charge in [-0.1, -0.05) is 6.92 Å². The highest BCUT2D eigenvalue weighted by molar-refractivity contribution is 7.89. The summed E-state index contributed by atoms with van der Waals surface area (Å²) in [5, 5.41) is 9.89. The lowest BCUT2D eigenvalue weighted by atomic mass is 10.0. The molecule has 120 valence electrons. The Labute approximate surface area is 126 Å². The molecule has 0 bridgehead atoms. The molecule has 1 aromatic rings. The lowest BCUT2D eigenvalue weighted by Crippen LogP contribution is -2.41. The predicted octanol–water partition coefficient (Wildman–Crippen LogP) is 0.566. The maximum atomic E-state index is 12.8. The van der Waals surface area contributed by atoms with E-state index in [0.29, 0.717) is 31.8 Å². The number of ether oxygens (including phenoxy) is 1. The first-order valence-electron chi connectivity index (χ1n) is 7.31. The fourth-order valence-corrected chi connectivity index (χ4v) is 4.31. The van der Waals surface area contributed by atoms with Gasteiger partial charge in [0.2, 0.25) is 0 Å². The molecule has 0 aromatic carbocycles. The molecule has 0 radical (unpaired) electrons. The van der Waals surface area contributed by atoms with Crippen molar-refractivity contribution in [3.8, 4) is 0 Å². The topological polar surface area (TPSA) is 87.3 Å². The van der Waals surface area contributed by atoms with Crippen molar-refractivity contribution in [2.45, 2.75) is 31.3 Å². The van der Waals surface area contributed by atoms with Crippen LogP contribution in [0, 0.1) is 5.92 Å². The number of H-pyrrole nitrogens is 1. The summed E-state index contributed by atoms with van der Waals surface area (Å²) < 4.78 is 32.2. The molecule has 1 atom stereocenters. The molecule has 21 heavy (non-hydrogen) atoms. The molecule has 0 saturated carbocycles. The first kappa shape index (κ1) is 16.4. The lowest BCUT2D eigenvalue weighted by Gasteiger charge is -2.31. The third kappa shape index (κ3) is 3.82. The Kier molecular flexibility index (Phi) is 5.74. The molecule has 0 spiro atoms. The van der Waals surface area contributed by atoms with Gasteiger partial charge in [0.15, 0.2) is 5.03 Å². The molecule has 1 aliphatic heterocycles. The molecule has 0 amide bonds. The van der Waals surface area contributed by atoms with Crippen molar-refractivity contribution >= 4 is 10.0 Å². The molecule has 1 aliphatic rings. The monoisotopic (exact) mass is 316 g/mol. The van der Waals surface area contributed by atoms with E-state index in [1.807, 2.05) is 6.92 Å². The van der Waals surface area contributed by atoms with Crippen molar-refractivity contribution in [2.24, 2.45) is 5.92 Å². The first-order valence-corrected chi connectivity index (χ1v) is 8.75. The largest absolute Gasteiger partial charge is 0.384 e. The second kappa shape index (κ2) is 7.35. The molecular weight excluding hydrogens is 292 g/mol. The fraction of sp³-hybridized carbons (Fsp3) is 0.769. The van der Waals surface area contributed by atoms with Crippen LogP contribution in [0.25, 0.3) is 0 Å². The highest BCUT2D eigenvalue weighted by Crippen LogP contribution is 2.24. The highest BCUT2D eigenvalue weighted by Gasteiger charge is 2.32. The number of hydrogen-bond donors (Lipinski definition) is 2. The molecule has 2 heterocycles. The predicted molar refractivity (Wildman–Crippen MR) is 79.3 cm³/mol. The van der Waals surface area contributed by atoms with Crippen LogP contribution in [0.2, 0.25) is 0 Å². The summed E-state index contributed by atoms with van der Waals surface area (Å²) in [5.74, 6) is 0.263. The van der Waals surface area contributed by atoms with Crippen LogP contribution in [0.3, 0.4) is 0 Å². The maximum Gasteiger partial charge on any atom is 0.260 e. The van der Waals surface area contributed by atoms with Crippen LogP contribution in [0.1, 0.15) is 25.3 Å². The quantitative estimate of drug-likeness (QED) is 0.768. The van der Waals surface area contributed by atoms with Gasteiger partial charge < -0.3 is 10.1 Å². The number of nitrogens with one attached hydrogen (secondary N) is 2. The van der Waals surface area contributed by atoms with Crippen molar-refractivity contribution in [1.82, 2.24) is 19.8 Å². The molecule has 0 aliphatic carbocycles. The number of aromatic nitrogens is 2. The summed E-state index contributed by atoms with van der Waals surface area (Å²) in [7, 11) is -1.86. The van der Waals surface area contributed by atoms with Crippen LogP contribution < -0.4 is 5.32 Å². The Hall–Kier alpha value is -0.960. The minimum absolute atomic E-state index is 0.210. The molecule has 1 fully saturated rings. The number of aromatic amines is 1. The number of sulfonamides is 1. The van der Waals surface area contributed by atoms with Crippen molar-refractivity contribution in [3.63, 3.8) is 0 Å². The number of hydrogen-bond acceptors (Lipinski definition) is 5. The third-order valence-electron chi connectivity index (χ3n) is 3.73. The molecule has 1 aromatic heterocycles. The Bertz CT molecular complexity index is 541. The zero-order valence-corrected chi connectivity index (χ0v) is 13.4. The van der Waals surface area contributed by atoms with Gasteiger partial charge in [-0.25, -0.2) is 8.42 Å². The van der Waals surface area contributed by atoms with Crippen LogP contribution >= 0.6 is 0 Å². The lowest BCUT2D eigenvalue weighted by molar-refractivity contribution is 0.118. The second-order valence-corrected chi connectivity index (χ2v) is 7.21. The Morgan fingerprint density at radius 1 is 1.57 bits per heavy atom. The van der Waals surface area contributed by atoms with Gasteiger partial charge in [0.25, 0.3) is 10.0 Å². The fourth-order valence-electron chi connectivity index (χ4n) is 2.65. The van der Waals surface area contributed by atoms with E-state index in [2.05, 4.69) is 15.5 Å². The van der Waals surface area contributed by atoms with Gasteiger partial charge in [0.1, 0.15) is 0 Å². The van der Waals surface area contributed by atoms with Gasteiger partial charge in [-0.05, 0) is 25.3 Å². The van der Waals surface area contributed by atoms with E-state index in [1.165, 1.54) is 0 Å². The van der Waals surface area contributed by atoms with Gasteiger partial charge in [-0.15, -0.1) is 0 Å². The van der Waals surface area contributed by atoms with E-state index >= 15 is 0 Å². The van der Waals surface area contributed by atoms with E-state index in [-0.39, 0.29) is 10.9 Å². The molecule has 2 rings (SSSR count). The van der Waals surface area contributed by atoms with E-state index in [1.54, 1.807) is 17.6 Å². The van der Waals surface area contributed by atoms with Gasteiger partial charge >= 0.3 is 0 Å². The smallest absolute Gasteiger partial charge is 0.260 e. The Balaban J connectivity index is 2.15. The summed E-state index contributed by atoms with van der Waals surface area (Å²) in [6, 6.07) is 0. The zero-order valence-electron chi connectivity index (χ0n) is 12.6. The van der Waals surface area contributed by atoms with Crippen molar-refractivity contribution < 1.29 is 13.2 Å². The number of methoxy groups -OCH3 is 1. The minimum atomic E-state index is -3.51. The third-order valence-corrected chi connectivity index (χ3v) is 5.61. The van der Waals surface area contributed by atoms with Crippen LogP contribution in [0.4, 0.5) is 0 Å². The average molecular weight is 316 g/mol. The molecule has 1 unspecified atom stereocenters. The number of nitrogens with zero attached hydrogens (tertiary/aromatic N) is 2. The van der Waals surface area contributed by atoms with Gasteiger partial charge in [-0.2, -0.15) is 9.40 Å². The summed E-state index contributed by atoms with van der Waals surface area (Å²) >= 11 is 0. The normalized spacial score (nSPS) is 20.8. The summed E-state index contributed by atoms with van der Waals surface area (Å²) in [6.07, 6.45) is 3.45. The van der Waals surface area contributed by atoms with E-state index in [0.717, 1.165) is 19.4 Å². The van der Waals surface area contributed by atoms with Gasteiger partial charge in [0.05, 0.1) is 12.8 Å². The molecule has 8 heteroatoms. The van der Waals surface area contributed by atoms with E-state index < -0.39 is 10.0 Å². The van der Waals surface area contributed by atoms with Crippen molar-refractivity contribution in [3.05, 3.63) is 11.8 Å². The maximum absolute atomic E-state index is 12.8. The average Bonchev–Trinajstić information content (AvgIpc) is 2.95. The molecular formula is C13H24N4O3S. The van der Waals surface area contributed by atoms with Crippen molar-refractivity contribution in [1.29, 1.82) is 0 Å². The van der Waals surface area contributed by atoms with E-state index in [9.17, 15) is 8.42 Å². The number of rotatable bonds is 7. The SMILES string of the molecule is CCNCc1cn[nH]c1S(=O)(=O)N1CCCC(COC)C1. The zero-order chi connectivity index (χ0) is 15.3. The van der Waals surface area contributed by atoms with Crippen LogP contribution in [0.5, 0.6) is 0 Å². The second-order valence-electron chi connectivity index (χ2n) is 5.33. The van der Waals surface area contributed by atoms with Crippen molar-refractivity contribution in [2.75, 3.05) is 33.4 Å². The summed E-state index contributed by atoms with van der Waals surface area (Å²) in [6.45, 7) is 4.92. The first-order chi connectivity index (χ1) is 10.1. The number of piperidine rings is 1. The minimum Gasteiger partial charge on any atom is -0.384 e. The van der Waals surface area contributed by atoms with Crippen LogP contribution in [-0.4, -0.2) is 56.3 Å². The van der Waals surface area contributed by atoms with Crippen LogP contribution in [-0.2, 0) is 21.3 Å². The summed E-state index contributed by atoms with van der Waals surface area (Å²) in [5.41, 5.74) is 0.686. The molecule has 2 N–H and O–H groups in total. The summed E-state index contributed by atoms with van der Waals surface area (Å²) in [4.78, 5) is 0. The van der Waals surface area contributed by atoms with Crippen LogP contribution in [0.15, 0.2) is 11.2 Å². The van der Waals surface area contributed by atoms with Gasteiger partial charge in [0, 0.05) is 32.3 Å². The highest BCUT2D eigenvalue weighted by atomic mass is 32.2. The molecule has 1 saturated heterocycles. The van der Waals surface area contributed by atoms with Gasteiger partial charge in [-0.3, -0.25) is 5.10 Å². The Morgan fingerprint density at radius 3 is 3.10 bits per heavy atom.